The maximum atomic E-state index is 13.4. The molecule has 37 heavy (non-hydrogen) atoms. The molecule has 0 radical (unpaired) electrons. The normalized spacial score (nSPS) is 16.6. The molecule has 2 aliphatic heterocycles. The maximum Gasteiger partial charge on any atom is 0.258 e. The van der Waals surface area contributed by atoms with E-state index in [1.54, 1.807) is 0 Å². The third-order valence-corrected chi connectivity index (χ3v) is 7.42. The predicted octanol–water partition coefficient (Wildman–Crippen LogP) is 5.97. The Labute approximate surface area is 223 Å². The quantitative estimate of drug-likeness (QED) is 0.343. The van der Waals surface area contributed by atoms with Crippen molar-refractivity contribution in [3.05, 3.63) is 83.4 Å². The van der Waals surface area contributed by atoms with Crippen LogP contribution in [-0.2, 0) is 11.3 Å². The summed E-state index contributed by atoms with van der Waals surface area (Å²) < 4.78 is 11.6. The molecule has 2 heterocycles. The maximum absolute atomic E-state index is 13.4. The number of ether oxygens (including phenoxy) is 2. The van der Waals surface area contributed by atoms with Gasteiger partial charge in [0.15, 0.2) is 11.5 Å². The van der Waals surface area contributed by atoms with Crippen LogP contribution in [0.5, 0.6) is 11.5 Å². The average molecular weight is 516 g/mol. The van der Waals surface area contributed by atoms with Gasteiger partial charge in [-0.25, -0.2) is 0 Å². The van der Waals surface area contributed by atoms with Gasteiger partial charge in [0, 0.05) is 48.5 Å². The molecule has 3 aromatic rings. The van der Waals surface area contributed by atoms with Gasteiger partial charge in [-0.05, 0) is 43.2 Å². The molecule has 2 aliphatic rings. The summed E-state index contributed by atoms with van der Waals surface area (Å²) in [6.45, 7) is 8.13. The van der Waals surface area contributed by atoms with Crippen LogP contribution in [0.25, 0.3) is 11.3 Å². The van der Waals surface area contributed by atoms with Gasteiger partial charge in [0.25, 0.3) is 5.91 Å². The first-order chi connectivity index (χ1) is 18.2. The molecule has 0 unspecified atom stereocenters. The number of carbonyl (C=O) groups excluding carboxylic acids is 1. The van der Waals surface area contributed by atoms with Gasteiger partial charge >= 0.3 is 0 Å². The fraction of sp³-hybridized carbons (Fsp3) is 0.300. The van der Waals surface area contributed by atoms with E-state index in [0.29, 0.717) is 30.3 Å². The Hall–Kier alpha value is -3.42. The summed E-state index contributed by atoms with van der Waals surface area (Å²) in [6.07, 6.45) is 0. The number of fused-ring (bicyclic) bond motifs is 1. The van der Waals surface area contributed by atoms with Crippen molar-refractivity contribution in [3.8, 4) is 11.5 Å². The van der Waals surface area contributed by atoms with E-state index in [2.05, 4.69) is 39.8 Å². The number of carbonyl (C=O) groups is 1. The predicted molar refractivity (Wildman–Crippen MR) is 153 cm³/mol. The topological polar surface area (TPSA) is 62.8 Å². The minimum atomic E-state index is -0.156. The van der Waals surface area contributed by atoms with Crippen LogP contribution in [0.3, 0.4) is 0 Å². The molecular formula is C30H33N3O3S. The number of amides is 1. The Morgan fingerprint density at radius 3 is 2.30 bits per heavy atom. The van der Waals surface area contributed by atoms with Gasteiger partial charge in [0.2, 0.25) is 0 Å². The third-order valence-electron chi connectivity index (χ3n) is 6.47. The second kappa shape index (κ2) is 11.8. The van der Waals surface area contributed by atoms with Gasteiger partial charge in [0.05, 0.1) is 30.2 Å². The van der Waals surface area contributed by atoms with Gasteiger partial charge in [-0.15, -0.1) is 0 Å². The molecule has 1 saturated heterocycles. The number of rotatable bonds is 9. The lowest BCUT2D eigenvalue weighted by molar-refractivity contribution is -0.110. The average Bonchev–Trinajstić information content (AvgIpc) is 3.24. The summed E-state index contributed by atoms with van der Waals surface area (Å²) >= 11 is 2.03. The van der Waals surface area contributed by atoms with Crippen molar-refractivity contribution in [1.29, 1.82) is 0 Å². The zero-order valence-corrected chi connectivity index (χ0v) is 22.2. The first kappa shape index (κ1) is 25.2. The van der Waals surface area contributed by atoms with Gasteiger partial charge < -0.3 is 20.1 Å². The monoisotopic (exact) mass is 515 g/mol. The first-order valence-electron chi connectivity index (χ1n) is 12.9. The Morgan fingerprint density at radius 1 is 0.946 bits per heavy atom. The molecule has 0 bridgehead atoms. The minimum Gasteiger partial charge on any atom is -0.490 e. The number of benzene rings is 3. The molecular weight excluding hydrogens is 482 g/mol. The number of hydrogen-bond donors (Lipinski definition) is 2. The van der Waals surface area contributed by atoms with E-state index in [0.717, 1.165) is 47.8 Å². The highest BCUT2D eigenvalue weighted by atomic mass is 32.2. The molecule has 1 amide bonds. The van der Waals surface area contributed by atoms with Crippen molar-refractivity contribution in [2.75, 3.05) is 48.4 Å². The highest BCUT2D eigenvalue weighted by Crippen LogP contribution is 2.43. The number of anilines is 2. The highest BCUT2D eigenvalue weighted by molar-refractivity contribution is 7.99. The van der Waals surface area contributed by atoms with Crippen molar-refractivity contribution >= 4 is 40.3 Å². The number of nitrogens with one attached hydrogen (secondary N) is 2. The van der Waals surface area contributed by atoms with E-state index in [-0.39, 0.29) is 5.91 Å². The van der Waals surface area contributed by atoms with E-state index in [1.165, 1.54) is 17.1 Å². The van der Waals surface area contributed by atoms with E-state index in [4.69, 9.17) is 9.47 Å². The summed E-state index contributed by atoms with van der Waals surface area (Å²) in [4.78, 5) is 15.9. The van der Waals surface area contributed by atoms with E-state index >= 15 is 0 Å². The second-order valence-corrected chi connectivity index (χ2v) is 10.2. The van der Waals surface area contributed by atoms with Gasteiger partial charge in [-0.2, -0.15) is 11.8 Å². The fourth-order valence-corrected chi connectivity index (χ4v) is 5.68. The zero-order chi connectivity index (χ0) is 25.6. The Bertz CT molecular complexity index is 1270. The summed E-state index contributed by atoms with van der Waals surface area (Å²) in [6, 6.07) is 22.2. The summed E-state index contributed by atoms with van der Waals surface area (Å²) in [5, 5.41) is 6.59. The first-order valence-corrected chi connectivity index (χ1v) is 14.0. The lowest BCUT2D eigenvalue weighted by Gasteiger charge is -2.26. The molecule has 0 saturated carbocycles. The van der Waals surface area contributed by atoms with Crippen molar-refractivity contribution in [1.82, 2.24) is 4.90 Å². The molecule has 0 spiro atoms. The second-order valence-electron chi connectivity index (χ2n) is 8.99. The SMILES string of the molecule is CCOc1cc2c(cc1OCC)/C(=C(/Nc1ccc(CN3CCSCC3)cc1)c1ccccc1)C(=O)N2. The summed E-state index contributed by atoms with van der Waals surface area (Å²) in [7, 11) is 0. The van der Waals surface area contributed by atoms with Crippen molar-refractivity contribution in [2.45, 2.75) is 20.4 Å². The van der Waals surface area contributed by atoms with Crippen LogP contribution < -0.4 is 20.1 Å². The van der Waals surface area contributed by atoms with E-state index < -0.39 is 0 Å². The zero-order valence-electron chi connectivity index (χ0n) is 21.4. The Kier molecular flexibility index (Phi) is 8.02. The van der Waals surface area contributed by atoms with E-state index in [1.807, 2.05) is 68.1 Å². The molecule has 0 aromatic heterocycles. The highest BCUT2D eigenvalue weighted by Gasteiger charge is 2.30. The van der Waals surface area contributed by atoms with E-state index in [9.17, 15) is 4.79 Å². The number of thioether (sulfide) groups is 1. The minimum absolute atomic E-state index is 0.156. The van der Waals surface area contributed by atoms with Crippen molar-refractivity contribution in [3.63, 3.8) is 0 Å². The van der Waals surface area contributed by atoms with Gasteiger partial charge in [-0.1, -0.05) is 42.5 Å². The van der Waals surface area contributed by atoms with Crippen molar-refractivity contribution < 1.29 is 14.3 Å². The van der Waals surface area contributed by atoms with Gasteiger partial charge in [-0.3, -0.25) is 9.69 Å². The van der Waals surface area contributed by atoms with Crippen molar-refractivity contribution in [2.24, 2.45) is 0 Å². The van der Waals surface area contributed by atoms with Crippen LogP contribution in [-0.4, -0.2) is 48.6 Å². The van der Waals surface area contributed by atoms with Crippen LogP contribution in [0.4, 0.5) is 11.4 Å². The molecule has 0 aliphatic carbocycles. The van der Waals surface area contributed by atoms with Crippen LogP contribution in [0.2, 0.25) is 0 Å². The molecule has 3 aromatic carbocycles. The van der Waals surface area contributed by atoms with Crippen LogP contribution >= 0.6 is 11.8 Å². The molecule has 7 heteroatoms. The van der Waals surface area contributed by atoms with Crippen LogP contribution in [0.15, 0.2) is 66.7 Å². The third kappa shape index (κ3) is 5.78. The molecule has 6 nitrogen and oxygen atoms in total. The molecule has 1 fully saturated rings. The smallest absolute Gasteiger partial charge is 0.258 e. The summed E-state index contributed by atoms with van der Waals surface area (Å²) in [5.74, 6) is 3.51. The fourth-order valence-electron chi connectivity index (χ4n) is 4.70. The van der Waals surface area contributed by atoms with Crippen LogP contribution in [0.1, 0.15) is 30.5 Å². The number of hydrogen-bond acceptors (Lipinski definition) is 6. The number of nitrogens with zero attached hydrogens (tertiary/aromatic N) is 1. The lowest BCUT2D eigenvalue weighted by atomic mass is 9.99. The molecule has 192 valence electrons. The summed E-state index contributed by atoms with van der Waals surface area (Å²) in [5.41, 5.74) is 6.01. The molecule has 2 N–H and O–H groups in total. The Morgan fingerprint density at radius 2 is 1.62 bits per heavy atom. The van der Waals surface area contributed by atoms with Gasteiger partial charge in [0.1, 0.15) is 0 Å². The standard InChI is InChI=1S/C30H33N3O3S/c1-3-35-26-18-24-25(19-27(26)36-4-2)32-30(34)28(24)29(22-8-6-5-7-9-22)31-23-12-10-21(11-13-23)20-33-14-16-37-17-15-33/h5-13,18-19,31H,3-4,14-17,20H2,1-2H3,(H,32,34)/b29-28-. The van der Waals surface area contributed by atoms with Crippen LogP contribution in [0, 0.1) is 0 Å². The molecule has 5 rings (SSSR count). The Balaban J connectivity index is 1.51. The largest absolute Gasteiger partial charge is 0.490 e. The molecule has 0 atom stereocenters. The lowest BCUT2D eigenvalue weighted by Crippen LogP contribution is -2.31.